The van der Waals surface area contributed by atoms with Crippen LogP contribution in [0.15, 0.2) is 6.07 Å². The maximum Gasteiger partial charge on any atom is 0.320 e. The summed E-state index contributed by atoms with van der Waals surface area (Å²) in [6, 6.07) is 1.21. The summed E-state index contributed by atoms with van der Waals surface area (Å²) in [4.78, 5) is 26.6. The molecule has 1 aliphatic heterocycles. The number of rotatable bonds is 3. The van der Waals surface area contributed by atoms with E-state index in [9.17, 15) is 9.59 Å². The fraction of sp³-hybridized carbons (Fsp3) is 0.583. The summed E-state index contributed by atoms with van der Waals surface area (Å²) in [6.45, 7) is 5.71. The lowest BCUT2D eigenvalue weighted by Crippen LogP contribution is -2.53. The van der Waals surface area contributed by atoms with E-state index in [0.717, 1.165) is 5.69 Å². The number of aryl methyl sites for hydroxylation is 1. The van der Waals surface area contributed by atoms with E-state index in [4.69, 9.17) is 5.11 Å². The first-order valence-electron chi connectivity index (χ1n) is 6.27. The van der Waals surface area contributed by atoms with Crippen LogP contribution >= 0.6 is 0 Å². The minimum atomic E-state index is -0.831. The number of piperazine rings is 1. The van der Waals surface area contributed by atoms with Crippen molar-refractivity contribution in [3.8, 4) is 0 Å². The summed E-state index contributed by atoms with van der Waals surface area (Å²) < 4.78 is 0. The number of aromatic nitrogens is 2. The third-order valence-electron chi connectivity index (χ3n) is 3.43. The average molecular weight is 266 g/mol. The molecule has 1 saturated heterocycles. The number of carboxylic acids is 1. The summed E-state index contributed by atoms with van der Waals surface area (Å²) in [5.74, 6) is -0.935. The van der Waals surface area contributed by atoms with Crippen LogP contribution in [-0.2, 0) is 4.79 Å². The van der Waals surface area contributed by atoms with Crippen LogP contribution < -0.4 is 0 Å². The predicted octanol–water partition coefficient (Wildman–Crippen LogP) is -0.0510. The van der Waals surface area contributed by atoms with Crippen molar-refractivity contribution in [2.45, 2.75) is 19.9 Å². The second-order valence-electron chi connectivity index (χ2n) is 4.78. The van der Waals surface area contributed by atoms with Gasteiger partial charge in [-0.15, -0.1) is 0 Å². The number of hydrogen-bond donors (Lipinski definition) is 2. The first-order chi connectivity index (χ1) is 8.99. The Morgan fingerprint density at radius 3 is 2.47 bits per heavy atom. The summed E-state index contributed by atoms with van der Waals surface area (Å²) >= 11 is 0. The van der Waals surface area contributed by atoms with Crippen molar-refractivity contribution < 1.29 is 14.7 Å². The summed E-state index contributed by atoms with van der Waals surface area (Å²) in [6.07, 6.45) is 0. The number of aliphatic carboxylic acids is 1. The maximum atomic E-state index is 12.1. The highest BCUT2D eigenvalue weighted by Gasteiger charge is 2.28. The lowest BCUT2D eigenvalue weighted by atomic mass is 10.2. The molecule has 104 valence electrons. The number of nitrogens with one attached hydrogen (secondary N) is 1. The van der Waals surface area contributed by atoms with E-state index in [2.05, 4.69) is 10.2 Å². The fourth-order valence-corrected chi connectivity index (χ4v) is 2.16. The van der Waals surface area contributed by atoms with Crippen molar-refractivity contribution >= 4 is 11.9 Å². The quantitative estimate of drug-likeness (QED) is 0.800. The number of carboxylic acid groups (broad SMARTS) is 1. The van der Waals surface area contributed by atoms with Gasteiger partial charge in [-0.25, -0.2) is 0 Å². The molecule has 0 spiro atoms. The molecule has 19 heavy (non-hydrogen) atoms. The molecule has 1 fully saturated rings. The number of aromatic amines is 1. The molecule has 2 heterocycles. The minimum Gasteiger partial charge on any atom is -0.480 e. The first-order valence-corrected chi connectivity index (χ1v) is 6.27. The van der Waals surface area contributed by atoms with Gasteiger partial charge in [-0.3, -0.25) is 19.6 Å². The Hall–Kier alpha value is -1.89. The van der Waals surface area contributed by atoms with E-state index < -0.39 is 12.0 Å². The van der Waals surface area contributed by atoms with Crippen molar-refractivity contribution in [2.75, 3.05) is 26.2 Å². The average Bonchev–Trinajstić information content (AvgIpc) is 2.84. The summed E-state index contributed by atoms with van der Waals surface area (Å²) in [5.41, 5.74) is 1.26. The van der Waals surface area contributed by atoms with Gasteiger partial charge in [0.1, 0.15) is 11.7 Å². The Bertz CT molecular complexity index is 477. The number of carbonyl (C=O) groups is 2. The van der Waals surface area contributed by atoms with E-state index in [1.807, 2.05) is 11.8 Å². The van der Waals surface area contributed by atoms with Gasteiger partial charge in [0.05, 0.1) is 0 Å². The molecule has 0 bridgehead atoms. The normalized spacial score (nSPS) is 18.3. The van der Waals surface area contributed by atoms with Gasteiger partial charge in [-0.05, 0) is 19.9 Å². The molecule has 2 N–H and O–H groups in total. The molecule has 1 aromatic rings. The highest BCUT2D eigenvalue weighted by molar-refractivity contribution is 5.92. The molecule has 0 saturated carbocycles. The van der Waals surface area contributed by atoms with Gasteiger partial charge in [0, 0.05) is 31.9 Å². The van der Waals surface area contributed by atoms with Crippen molar-refractivity contribution in [1.29, 1.82) is 0 Å². The first kappa shape index (κ1) is 13.5. The van der Waals surface area contributed by atoms with Gasteiger partial charge in [-0.2, -0.15) is 5.10 Å². The molecule has 1 unspecified atom stereocenters. The van der Waals surface area contributed by atoms with E-state index in [1.165, 1.54) is 0 Å². The Labute approximate surface area is 111 Å². The Kier molecular flexibility index (Phi) is 3.84. The molecule has 0 aromatic carbocycles. The molecule has 0 radical (unpaired) electrons. The van der Waals surface area contributed by atoms with Crippen LogP contribution in [-0.4, -0.2) is 69.2 Å². The van der Waals surface area contributed by atoms with E-state index in [-0.39, 0.29) is 5.91 Å². The zero-order valence-electron chi connectivity index (χ0n) is 11.1. The van der Waals surface area contributed by atoms with Gasteiger partial charge < -0.3 is 10.0 Å². The standard InChI is InChI=1S/C12H18N4O3/c1-8-7-10(14-13-8)11(17)16-5-3-15(4-6-16)9(2)12(18)19/h7,9H,3-6H2,1-2H3,(H,13,14)(H,18,19). The lowest BCUT2D eigenvalue weighted by Gasteiger charge is -2.36. The van der Waals surface area contributed by atoms with Crippen molar-refractivity contribution in [1.82, 2.24) is 20.0 Å². The highest BCUT2D eigenvalue weighted by atomic mass is 16.4. The SMILES string of the molecule is Cc1cc(C(=O)N2CCN(C(C)C(=O)O)CC2)n[nH]1. The van der Waals surface area contributed by atoms with Crippen LogP contribution in [0, 0.1) is 6.92 Å². The van der Waals surface area contributed by atoms with Crippen LogP contribution in [0.5, 0.6) is 0 Å². The lowest BCUT2D eigenvalue weighted by molar-refractivity contribution is -0.143. The Morgan fingerprint density at radius 2 is 2.00 bits per heavy atom. The monoisotopic (exact) mass is 266 g/mol. The molecule has 1 atom stereocenters. The van der Waals surface area contributed by atoms with Crippen molar-refractivity contribution in [3.63, 3.8) is 0 Å². The molecule has 1 aromatic heterocycles. The van der Waals surface area contributed by atoms with Crippen LogP contribution in [0.4, 0.5) is 0 Å². The Morgan fingerprint density at radius 1 is 1.37 bits per heavy atom. The zero-order valence-corrected chi connectivity index (χ0v) is 11.1. The van der Waals surface area contributed by atoms with Crippen LogP contribution in [0.1, 0.15) is 23.1 Å². The largest absolute Gasteiger partial charge is 0.480 e. The molecular weight excluding hydrogens is 248 g/mol. The van der Waals surface area contributed by atoms with Gasteiger partial charge in [0.25, 0.3) is 5.91 Å². The van der Waals surface area contributed by atoms with Gasteiger partial charge >= 0.3 is 5.97 Å². The second kappa shape index (κ2) is 5.40. The van der Waals surface area contributed by atoms with Crippen LogP contribution in [0.3, 0.4) is 0 Å². The number of H-pyrrole nitrogens is 1. The number of hydrogen-bond acceptors (Lipinski definition) is 4. The minimum absolute atomic E-state index is 0.105. The smallest absolute Gasteiger partial charge is 0.320 e. The second-order valence-corrected chi connectivity index (χ2v) is 4.78. The highest BCUT2D eigenvalue weighted by Crippen LogP contribution is 2.10. The van der Waals surface area contributed by atoms with Crippen LogP contribution in [0.2, 0.25) is 0 Å². The van der Waals surface area contributed by atoms with Gasteiger partial charge in [0.15, 0.2) is 0 Å². The van der Waals surface area contributed by atoms with Crippen LogP contribution in [0.25, 0.3) is 0 Å². The maximum absolute atomic E-state index is 12.1. The zero-order chi connectivity index (χ0) is 14.0. The molecule has 1 amide bonds. The summed E-state index contributed by atoms with van der Waals surface area (Å²) in [7, 11) is 0. The predicted molar refractivity (Wildman–Crippen MR) is 67.9 cm³/mol. The fourth-order valence-electron chi connectivity index (χ4n) is 2.16. The number of amides is 1. The number of carbonyl (C=O) groups excluding carboxylic acids is 1. The van der Waals surface area contributed by atoms with E-state index in [0.29, 0.717) is 31.9 Å². The molecule has 7 nitrogen and oxygen atoms in total. The van der Waals surface area contributed by atoms with Crippen molar-refractivity contribution in [2.24, 2.45) is 0 Å². The summed E-state index contributed by atoms with van der Waals surface area (Å²) in [5, 5.41) is 15.6. The molecular formula is C12H18N4O3. The van der Waals surface area contributed by atoms with E-state index in [1.54, 1.807) is 17.9 Å². The third kappa shape index (κ3) is 2.93. The topological polar surface area (TPSA) is 89.5 Å². The molecule has 7 heteroatoms. The van der Waals surface area contributed by atoms with E-state index >= 15 is 0 Å². The molecule has 2 rings (SSSR count). The Balaban J connectivity index is 1.93. The third-order valence-corrected chi connectivity index (χ3v) is 3.43. The molecule has 0 aliphatic carbocycles. The van der Waals surface area contributed by atoms with Gasteiger partial charge in [0.2, 0.25) is 0 Å². The molecule has 1 aliphatic rings. The van der Waals surface area contributed by atoms with Gasteiger partial charge in [-0.1, -0.05) is 0 Å². The number of nitrogens with zero attached hydrogens (tertiary/aromatic N) is 3. The van der Waals surface area contributed by atoms with Crippen molar-refractivity contribution in [3.05, 3.63) is 17.5 Å².